The molecule has 1 aromatic rings. The van der Waals surface area contributed by atoms with Crippen molar-refractivity contribution >= 4 is 5.69 Å². The summed E-state index contributed by atoms with van der Waals surface area (Å²) in [6.45, 7) is 8.85. The average molecular weight is 234 g/mol. The normalized spacial score (nSPS) is 10.9. The van der Waals surface area contributed by atoms with E-state index in [4.69, 9.17) is 0 Å². The van der Waals surface area contributed by atoms with Crippen molar-refractivity contribution in [1.29, 1.82) is 0 Å². The molecule has 17 heavy (non-hydrogen) atoms. The summed E-state index contributed by atoms with van der Waals surface area (Å²) in [4.78, 5) is 0. The van der Waals surface area contributed by atoms with Crippen molar-refractivity contribution in [3.05, 3.63) is 29.3 Å². The minimum atomic E-state index is 0.578. The van der Waals surface area contributed by atoms with Gasteiger partial charge in [-0.05, 0) is 50.4 Å². The quantitative estimate of drug-likeness (QED) is 0.705. The minimum absolute atomic E-state index is 0.578. The highest BCUT2D eigenvalue weighted by atomic mass is 14.9. The monoisotopic (exact) mass is 234 g/mol. The summed E-state index contributed by atoms with van der Waals surface area (Å²) in [5, 5.41) is 6.77. The molecule has 0 heterocycles. The Morgan fingerprint density at radius 1 is 1.12 bits per heavy atom. The van der Waals surface area contributed by atoms with E-state index < -0.39 is 0 Å². The molecule has 0 atom stereocenters. The van der Waals surface area contributed by atoms with Crippen LogP contribution in [-0.4, -0.2) is 20.1 Å². The molecule has 1 rings (SSSR count). The van der Waals surface area contributed by atoms with E-state index in [0.29, 0.717) is 5.92 Å². The van der Waals surface area contributed by atoms with Gasteiger partial charge in [0.2, 0.25) is 0 Å². The van der Waals surface area contributed by atoms with E-state index in [0.717, 1.165) is 13.1 Å². The first kappa shape index (κ1) is 14.0. The van der Waals surface area contributed by atoms with Crippen LogP contribution < -0.4 is 10.6 Å². The first-order valence-corrected chi connectivity index (χ1v) is 6.64. The van der Waals surface area contributed by atoms with E-state index in [1.165, 1.54) is 29.7 Å². The van der Waals surface area contributed by atoms with Crippen molar-refractivity contribution < 1.29 is 0 Å². The highest BCUT2D eigenvalue weighted by molar-refractivity contribution is 5.58. The number of unbranched alkanes of at least 4 members (excludes halogenated alkanes) is 1. The molecule has 0 aromatic heterocycles. The third kappa shape index (κ3) is 4.39. The van der Waals surface area contributed by atoms with Crippen LogP contribution >= 0.6 is 0 Å². The number of anilines is 1. The third-order valence-corrected chi connectivity index (χ3v) is 3.08. The van der Waals surface area contributed by atoms with Crippen LogP contribution in [0, 0.1) is 6.92 Å². The molecule has 0 saturated heterocycles. The van der Waals surface area contributed by atoms with Crippen LogP contribution in [0.3, 0.4) is 0 Å². The largest absolute Gasteiger partial charge is 0.385 e. The van der Waals surface area contributed by atoms with Crippen molar-refractivity contribution in [3.8, 4) is 0 Å². The van der Waals surface area contributed by atoms with Crippen LogP contribution in [0.4, 0.5) is 5.69 Å². The molecule has 96 valence electrons. The fourth-order valence-corrected chi connectivity index (χ4v) is 2.05. The molecule has 2 heteroatoms. The molecule has 0 aliphatic rings. The number of rotatable bonds is 7. The highest BCUT2D eigenvalue weighted by Gasteiger charge is 2.07. The summed E-state index contributed by atoms with van der Waals surface area (Å²) in [6.07, 6.45) is 2.44. The summed E-state index contributed by atoms with van der Waals surface area (Å²) in [5.74, 6) is 0.578. The van der Waals surface area contributed by atoms with Gasteiger partial charge in [0, 0.05) is 12.2 Å². The van der Waals surface area contributed by atoms with Gasteiger partial charge in [0.25, 0.3) is 0 Å². The summed E-state index contributed by atoms with van der Waals surface area (Å²) in [5.41, 5.74) is 4.12. The molecule has 0 saturated carbocycles. The maximum absolute atomic E-state index is 3.59. The van der Waals surface area contributed by atoms with E-state index >= 15 is 0 Å². The molecule has 0 bridgehead atoms. The van der Waals surface area contributed by atoms with E-state index in [-0.39, 0.29) is 0 Å². The lowest BCUT2D eigenvalue weighted by Crippen LogP contribution is -2.11. The Labute approximate surface area is 106 Å². The second kappa shape index (κ2) is 7.33. The van der Waals surface area contributed by atoms with Crippen LogP contribution in [0.15, 0.2) is 18.2 Å². The molecular weight excluding hydrogens is 208 g/mol. The Morgan fingerprint density at radius 2 is 1.82 bits per heavy atom. The number of hydrogen-bond donors (Lipinski definition) is 2. The molecular formula is C15H26N2. The van der Waals surface area contributed by atoms with Crippen LogP contribution in [0.1, 0.15) is 43.7 Å². The first-order valence-electron chi connectivity index (χ1n) is 6.64. The number of nitrogens with one attached hydrogen (secondary N) is 2. The van der Waals surface area contributed by atoms with Gasteiger partial charge in [-0.3, -0.25) is 0 Å². The topological polar surface area (TPSA) is 24.1 Å². The van der Waals surface area contributed by atoms with Crippen molar-refractivity contribution in [2.75, 3.05) is 25.5 Å². The van der Waals surface area contributed by atoms with Gasteiger partial charge in [0.05, 0.1) is 0 Å². The Kier molecular flexibility index (Phi) is 6.06. The molecule has 0 fully saturated rings. The molecule has 0 amide bonds. The molecule has 0 aliphatic carbocycles. The third-order valence-electron chi connectivity index (χ3n) is 3.08. The van der Waals surface area contributed by atoms with Crippen molar-refractivity contribution in [1.82, 2.24) is 5.32 Å². The van der Waals surface area contributed by atoms with Gasteiger partial charge in [-0.2, -0.15) is 0 Å². The van der Waals surface area contributed by atoms with Gasteiger partial charge in [-0.25, -0.2) is 0 Å². The highest BCUT2D eigenvalue weighted by Crippen LogP contribution is 2.27. The van der Waals surface area contributed by atoms with E-state index in [2.05, 4.69) is 49.6 Å². The van der Waals surface area contributed by atoms with E-state index in [1.807, 2.05) is 7.05 Å². The maximum Gasteiger partial charge on any atom is 0.0405 e. The van der Waals surface area contributed by atoms with Gasteiger partial charge in [-0.15, -0.1) is 0 Å². The molecule has 0 spiro atoms. The summed E-state index contributed by atoms with van der Waals surface area (Å²) < 4.78 is 0. The Morgan fingerprint density at radius 3 is 2.47 bits per heavy atom. The van der Waals surface area contributed by atoms with Crippen LogP contribution in [0.25, 0.3) is 0 Å². The molecule has 2 nitrogen and oxygen atoms in total. The van der Waals surface area contributed by atoms with Crippen LogP contribution in [-0.2, 0) is 0 Å². The zero-order valence-electron chi connectivity index (χ0n) is 11.6. The van der Waals surface area contributed by atoms with Gasteiger partial charge < -0.3 is 10.6 Å². The smallest absolute Gasteiger partial charge is 0.0405 e. The average Bonchev–Trinajstić information content (AvgIpc) is 2.30. The summed E-state index contributed by atoms with van der Waals surface area (Å²) >= 11 is 0. The molecule has 0 radical (unpaired) electrons. The number of aryl methyl sites for hydroxylation is 1. The van der Waals surface area contributed by atoms with E-state index in [1.54, 1.807) is 0 Å². The standard InChI is InChI=1S/C15H26N2/c1-12(2)14-9-7-8-13(3)15(14)17-11-6-5-10-16-4/h7-9,12,16-17H,5-6,10-11H2,1-4H3. The minimum Gasteiger partial charge on any atom is -0.385 e. The number of hydrogen-bond acceptors (Lipinski definition) is 2. The summed E-state index contributed by atoms with van der Waals surface area (Å²) in [7, 11) is 2.01. The van der Waals surface area contributed by atoms with Gasteiger partial charge in [-0.1, -0.05) is 32.0 Å². The van der Waals surface area contributed by atoms with Crippen molar-refractivity contribution in [2.24, 2.45) is 0 Å². The zero-order chi connectivity index (χ0) is 12.7. The van der Waals surface area contributed by atoms with Crippen LogP contribution in [0.5, 0.6) is 0 Å². The predicted octanol–water partition coefficient (Wildman–Crippen LogP) is 3.53. The van der Waals surface area contributed by atoms with Gasteiger partial charge in [0.15, 0.2) is 0 Å². The fraction of sp³-hybridized carbons (Fsp3) is 0.600. The predicted molar refractivity (Wildman–Crippen MR) is 76.9 cm³/mol. The second-order valence-electron chi connectivity index (χ2n) is 4.93. The summed E-state index contributed by atoms with van der Waals surface area (Å²) in [6, 6.07) is 6.56. The lowest BCUT2D eigenvalue weighted by Gasteiger charge is -2.17. The second-order valence-corrected chi connectivity index (χ2v) is 4.93. The van der Waals surface area contributed by atoms with Crippen molar-refractivity contribution in [3.63, 3.8) is 0 Å². The Hall–Kier alpha value is -1.02. The Balaban J connectivity index is 2.57. The first-order chi connectivity index (χ1) is 8.16. The lowest BCUT2D eigenvalue weighted by atomic mass is 9.98. The van der Waals surface area contributed by atoms with Gasteiger partial charge in [0.1, 0.15) is 0 Å². The van der Waals surface area contributed by atoms with Crippen LogP contribution in [0.2, 0.25) is 0 Å². The molecule has 1 aromatic carbocycles. The zero-order valence-corrected chi connectivity index (χ0v) is 11.6. The lowest BCUT2D eigenvalue weighted by molar-refractivity contribution is 0.694. The molecule has 2 N–H and O–H groups in total. The SMILES string of the molecule is CNCCCCNc1c(C)cccc1C(C)C. The van der Waals surface area contributed by atoms with E-state index in [9.17, 15) is 0 Å². The number of benzene rings is 1. The van der Waals surface area contributed by atoms with Gasteiger partial charge >= 0.3 is 0 Å². The number of para-hydroxylation sites is 1. The maximum atomic E-state index is 3.59. The fourth-order valence-electron chi connectivity index (χ4n) is 2.05. The Bertz CT molecular complexity index is 332. The molecule has 0 aliphatic heterocycles. The molecule has 0 unspecified atom stereocenters. The van der Waals surface area contributed by atoms with Crippen molar-refractivity contribution in [2.45, 2.75) is 39.5 Å².